The van der Waals surface area contributed by atoms with E-state index < -0.39 is 5.97 Å². The van der Waals surface area contributed by atoms with Gasteiger partial charge in [-0.3, -0.25) is 4.79 Å². The van der Waals surface area contributed by atoms with Crippen molar-refractivity contribution in [2.24, 2.45) is 56.7 Å². The number of nitrogens with zero attached hydrogens (tertiary/aromatic N) is 1. The fourth-order valence-electron chi connectivity index (χ4n) is 14.2. The van der Waals surface area contributed by atoms with Crippen molar-refractivity contribution in [2.45, 2.75) is 139 Å². The zero-order valence-electron chi connectivity index (χ0n) is 33.9. The molecule has 0 unspecified atom stereocenters. The normalized spacial score (nSPS) is 37.6. The standard InChI is InChI=1S/C47H69NO4/c1-10-48(29-11-13-32(4)49)30-12-14-40(50)47-26-21-35(31(2)3)41(47)37-19-20-39-44(7)24-22-36(33-15-17-34(18-16-33)42(51)52)43(5,6)38(44)23-25-46(39,9)45(37,8)27-28-47/h15-18,22,35,37-39,41H,2,10-14,19-21,23-30H2,1,3-9H3,(H,51,52)/t35-,37+,38-,39+,41+,44-,45+,46+,47+/m0/s1. The van der Waals surface area contributed by atoms with Crippen LogP contribution in [0, 0.1) is 56.7 Å². The highest BCUT2D eigenvalue weighted by Crippen LogP contribution is 2.78. The fraction of sp³-hybridized carbons (Fsp3) is 0.723. The monoisotopic (exact) mass is 712 g/mol. The molecule has 9 atom stereocenters. The second-order valence-electron chi connectivity index (χ2n) is 19.5. The Morgan fingerprint density at radius 2 is 1.50 bits per heavy atom. The molecule has 0 radical (unpaired) electrons. The van der Waals surface area contributed by atoms with E-state index in [0.717, 1.165) is 70.1 Å². The lowest BCUT2D eigenvalue weighted by atomic mass is 9.32. The molecule has 5 aliphatic rings. The molecule has 1 aromatic carbocycles. The van der Waals surface area contributed by atoms with Gasteiger partial charge in [0.15, 0.2) is 0 Å². The number of allylic oxidation sites excluding steroid dienone is 3. The molecule has 5 aliphatic carbocycles. The lowest BCUT2D eigenvalue weighted by molar-refractivity contribution is -0.224. The van der Waals surface area contributed by atoms with Gasteiger partial charge >= 0.3 is 5.97 Å². The van der Waals surface area contributed by atoms with E-state index in [-0.39, 0.29) is 32.9 Å². The minimum Gasteiger partial charge on any atom is -0.478 e. The highest BCUT2D eigenvalue weighted by molar-refractivity contribution is 5.88. The molecule has 5 heteroatoms. The first kappa shape index (κ1) is 39.2. The van der Waals surface area contributed by atoms with Gasteiger partial charge in [0.25, 0.3) is 0 Å². The number of ketones is 2. The van der Waals surface area contributed by atoms with Gasteiger partial charge in [0.2, 0.25) is 0 Å². The van der Waals surface area contributed by atoms with Crippen LogP contribution in [-0.2, 0) is 9.59 Å². The number of Topliss-reactive ketones (excluding diaryl/α,β-unsaturated/α-hetero) is 2. The molecule has 0 saturated heterocycles. The molecule has 0 aliphatic heterocycles. The molecule has 0 heterocycles. The van der Waals surface area contributed by atoms with Crippen molar-refractivity contribution < 1.29 is 19.5 Å². The molecule has 0 aromatic heterocycles. The number of carboxylic acid groups (broad SMARTS) is 1. The van der Waals surface area contributed by atoms with Crippen LogP contribution < -0.4 is 0 Å². The predicted octanol–water partition coefficient (Wildman–Crippen LogP) is 11.1. The van der Waals surface area contributed by atoms with E-state index in [1.165, 1.54) is 36.8 Å². The van der Waals surface area contributed by atoms with Crippen LogP contribution in [0.2, 0.25) is 0 Å². The number of hydrogen-bond donors (Lipinski definition) is 1. The maximum atomic E-state index is 14.7. The number of carbonyl (C=O) groups excluding carboxylic acids is 2. The van der Waals surface area contributed by atoms with Gasteiger partial charge in [0.05, 0.1) is 5.56 Å². The minimum atomic E-state index is -0.875. The summed E-state index contributed by atoms with van der Waals surface area (Å²) in [5, 5.41) is 9.50. The third kappa shape index (κ3) is 6.21. The Kier molecular flexibility index (Phi) is 10.8. The smallest absolute Gasteiger partial charge is 0.335 e. The summed E-state index contributed by atoms with van der Waals surface area (Å²) in [4.78, 5) is 40.2. The molecule has 0 amide bonds. The van der Waals surface area contributed by atoms with Crippen LogP contribution in [0.5, 0.6) is 0 Å². The van der Waals surface area contributed by atoms with E-state index in [1.807, 2.05) is 12.1 Å². The number of carboxylic acids is 1. The molecule has 52 heavy (non-hydrogen) atoms. The van der Waals surface area contributed by atoms with Gasteiger partial charge in [0, 0.05) is 18.3 Å². The second-order valence-corrected chi connectivity index (χ2v) is 19.5. The molecule has 5 nitrogen and oxygen atoms in total. The zero-order chi connectivity index (χ0) is 37.9. The van der Waals surface area contributed by atoms with E-state index in [0.29, 0.717) is 53.8 Å². The highest BCUT2D eigenvalue weighted by atomic mass is 16.4. The zero-order valence-corrected chi connectivity index (χ0v) is 33.9. The van der Waals surface area contributed by atoms with Gasteiger partial charge in [-0.1, -0.05) is 71.9 Å². The maximum absolute atomic E-state index is 14.7. The first-order valence-corrected chi connectivity index (χ1v) is 20.9. The van der Waals surface area contributed by atoms with E-state index >= 15 is 0 Å². The van der Waals surface area contributed by atoms with Crippen molar-refractivity contribution in [2.75, 3.05) is 19.6 Å². The van der Waals surface area contributed by atoms with Gasteiger partial charge < -0.3 is 14.8 Å². The summed E-state index contributed by atoms with van der Waals surface area (Å²) in [6, 6.07) is 7.56. The van der Waals surface area contributed by atoms with Crippen LogP contribution in [0.25, 0.3) is 5.57 Å². The average Bonchev–Trinajstić information content (AvgIpc) is 3.49. The van der Waals surface area contributed by atoms with E-state index in [1.54, 1.807) is 19.1 Å². The third-order valence-electron chi connectivity index (χ3n) is 17.0. The lowest BCUT2D eigenvalue weighted by Gasteiger charge is -2.72. The Morgan fingerprint density at radius 1 is 0.827 bits per heavy atom. The Labute approximate surface area is 315 Å². The van der Waals surface area contributed by atoms with Gasteiger partial charge in [-0.05, 0) is 179 Å². The van der Waals surface area contributed by atoms with Crippen LogP contribution in [0.15, 0.2) is 42.5 Å². The molecule has 0 spiro atoms. The Morgan fingerprint density at radius 3 is 2.12 bits per heavy atom. The summed E-state index contributed by atoms with van der Waals surface area (Å²) < 4.78 is 0. The molecular weight excluding hydrogens is 643 g/mol. The van der Waals surface area contributed by atoms with Crippen molar-refractivity contribution in [1.29, 1.82) is 0 Å². The molecule has 4 fully saturated rings. The van der Waals surface area contributed by atoms with Gasteiger partial charge in [0.1, 0.15) is 11.6 Å². The minimum absolute atomic E-state index is 0.0117. The Bertz CT molecular complexity index is 1590. The fourth-order valence-corrected chi connectivity index (χ4v) is 14.2. The number of rotatable bonds is 13. The van der Waals surface area contributed by atoms with Crippen LogP contribution in [0.4, 0.5) is 0 Å². The summed E-state index contributed by atoms with van der Waals surface area (Å²) in [6.45, 7) is 26.4. The first-order chi connectivity index (χ1) is 24.5. The summed E-state index contributed by atoms with van der Waals surface area (Å²) in [7, 11) is 0. The molecule has 286 valence electrons. The summed E-state index contributed by atoms with van der Waals surface area (Å²) in [5.41, 5.74) is 4.55. The predicted molar refractivity (Wildman–Crippen MR) is 212 cm³/mol. The van der Waals surface area contributed by atoms with Crippen molar-refractivity contribution in [3.05, 3.63) is 53.6 Å². The first-order valence-electron chi connectivity index (χ1n) is 20.9. The number of fused-ring (bicyclic) bond motifs is 7. The molecule has 4 saturated carbocycles. The number of benzene rings is 1. The van der Waals surface area contributed by atoms with E-state index in [4.69, 9.17) is 0 Å². The third-order valence-corrected chi connectivity index (χ3v) is 17.0. The van der Waals surface area contributed by atoms with E-state index in [9.17, 15) is 19.5 Å². The van der Waals surface area contributed by atoms with Crippen molar-refractivity contribution in [1.82, 2.24) is 4.90 Å². The molecule has 0 bridgehead atoms. The largest absolute Gasteiger partial charge is 0.478 e. The summed E-state index contributed by atoms with van der Waals surface area (Å²) >= 11 is 0. The van der Waals surface area contributed by atoms with E-state index in [2.05, 4.69) is 66.0 Å². The van der Waals surface area contributed by atoms with Gasteiger partial charge in [-0.25, -0.2) is 4.79 Å². The molecular formula is C47H69NO4. The molecule has 6 rings (SSSR count). The van der Waals surface area contributed by atoms with Crippen LogP contribution in [0.1, 0.15) is 155 Å². The quantitative estimate of drug-likeness (QED) is 0.206. The van der Waals surface area contributed by atoms with Gasteiger partial charge in [-0.2, -0.15) is 0 Å². The lowest BCUT2D eigenvalue weighted by Crippen LogP contribution is -2.65. The second kappa shape index (κ2) is 14.3. The SMILES string of the molecule is C=C(C)[C@@H]1CC[C@]2(C(=O)CCCN(CC)CCCC(C)=O)CC[C@]3(C)[C@H](CC[C@@H]4[C@@]5(C)CC=C(c6ccc(C(=O)O)cc6)C(C)(C)[C@@H]5CC[C@]43C)[C@@H]12. The number of aromatic carboxylic acids is 1. The molecule has 1 N–H and O–H groups in total. The van der Waals surface area contributed by atoms with Crippen LogP contribution >= 0.6 is 0 Å². The maximum Gasteiger partial charge on any atom is 0.335 e. The summed E-state index contributed by atoms with van der Waals surface area (Å²) in [5.74, 6) is 2.49. The highest BCUT2D eigenvalue weighted by Gasteiger charge is 2.71. The average molecular weight is 712 g/mol. The topological polar surface area (TPSA) is 74.7 Å². The van der Waals surface area contributed by atoms with Crippen molar-refractivity contribution in [3.8, 4) is 0 Å². The Hall–Kier alpha value is -2.53. The van der Waals surface area contributed by atoms with Crippen LogP contribution in [-0.4, -0.2) is 47.2 Å². The van der Waals surface area contributed by atoms with Crippen molar-refractivity contribution >= 4 is 23.1 Å². The van der Waals surface area contributed by atoms with Gasteiger partial charge in [-0.15, -0.1) is 0 Å². The number of carbonyl (C=O) groups is 3. The Balaban J connectivity index is 1.24. The van der Waals surface area contributed by atoms with Crippen molar-refractivity contribution in [3.63, 3.8) is 0 Å². The van der Waals surface area contributed by atoms with Crippen LogP contribution in [0.3, 0.4) is 0 Å². The number of hydrogen-bond acceptors (Lipinski definition) is 4. The summed E-state index contributed by atoms with van der Waals surface area (Å²) in [6.07, 6.45) is 16.0. The molecule has 1 aromatic rings.